The third-order valence-electron chi connectivity index (χ3n) is 3.55. The van der Waals surface area contributed by atoms with Crippen molar-refractivity contribution >= 4 is 29.2 Å². The second kappa shape index (κ2) is 7.45. The molecule has 1 atom stereocenters. The van der Waals surface area contributed by atoms with Crippen molar-refractivity contribution in [2.45, 2.75) is 6.29 Å². The number of hydrogen-bond donors (Lipinski definition) is 1. The van der Waals surface area contributed by atoms with Crippen molar-refractivity contribution in [3.05, 3.63) is 70.6 Å². The van der Waals surface area contributed by atoms with Crippen LogP contribution in [0.15, 0.2) is 59.3 Å². The number of para-hydroxylation sites is 2. The van der Waals surface area contributed by atoms with Gasteiger partial charge in [-0.05, 0) is 24.3 Å². The Morgan fingerprint density at radius 1 is 1.19 bits per heavy atom. The van der Waals surface area contributed by atoms with E-state index >= 15 is 0 Å². The van der Waals surface area contributed by atoms with Gasteiger partial charge in [0.15, 0.2) is 5.03 Å². The van der Waals surface area contributed by atoms with Crippen LogP contribution in [0.3, 0.4) is 0 Å². The minimum absolute atomic E-state index is 0.0193. The summed E-state index contributed by atoms with van der Waals surface area (Å²) in [6.45, 7) is 0. The molecule has 2 aromatic carbocycles. The van der Waals surface area contributed by atoms with E-state index in [1.807, 2.05) is 0 Å². The van der Waals surface area contributed by atoms with Crippen LogP contribution >= 0.6 is 11.6 Å². The number of carbonyl (C=O) groups excluding carboxylic acids is 2. The standard InChI is InChI=1S/C18H13ClFNO5/c1-24-13-9-5-4-8-12(13)21-15-14(19)17(23)26-18(15)25-16(22)10-6-2-3-7-11(10)20/h2-9,18,21H,1H3/t18-/m0/s1. The van der Waals surface area contributed by atoms with Crippen LogP contribution in [-0.4, -0.2) is 25.3 Å². The van der Waals surface area contributed by atoms with Gasteiger partial charge >= 0.3 is 11.9 Å². The molecule has 0 radical (unpaired) electrons. The number of methoxy groups -OCH3 is 1. The van der Waals surface area contributed by atoms with Crippen molar-refractivity contribution in [2.24, 2.45) is 0 Å². The van der Waals surface area contributed by atoms with Crippen LogP contribution in [0.2, 0.25) is 0 Å². The summed E-state index contributed by atoms with van der Waals surface area (Å²) in [6.07, 6.45) is -1.44. The normalized spacial score (nSPS) is 16.3. The summed E-state index contributed by atoms with van der Waals surface area (Å²) >= 11 is 5.97. The Hall–Kier alpha value is -3.06. The average Bonchev–Trinajstić information content (AvgIpc) is 2.90. The number of halogens is 2. The zero-order valence-electron chi connectivity index (χ0n) is 13.5. The van der Waals surface area contributed by atoms with E-state index in [4.69, 9.17) is 25.8 Å². The van der Waals surface area contributed by atoms with Gasteiger partial charge < -0.3 is 19.5 Å². The Kier molecular flexibility index (Phi) is 5.09. The summed E-state index contributed by atoms with van der Waals surface area (Å²) in [7, 11) is 1.47. The number of anilines is 1. The number of cyclic esters (lactones) is 1. The molecule has 2 aromatic rings. The second-order valence-electron chi connectivity index (χ2n) is 5.18. The van der Waals surface area contributed by atoms with Crippen LogP contribution in [-0.2, 0) is 14.3 Å². The van der Waals surface area contributed by atoms with Gasteiger partial charge in [0.2, 0.25) is 0 Å². The van der Waals surface area contributed by atoms with Crippen LogP contribution in [0.4, 0.5) is 10.1 Å². The largest absolute Gasteiger partial charge is 0.495 e. The van der Waals surface area contributed by atoms with Crippen LogP contribution in [0.1, 0.15) is 10.4 Å². The fourth-order valence-electron chi connectivity index (χ4n) is 2.30. The third-order valence-corrected chi connectivity index (χ3v) is 3.91. The topological polar surface area (TPSA) is 73.9 Å². The second-order valence-corrected chi connectivity index (χ2v) is 5.55. The first-order valence-corrected chi connectivity index (χ1v) is 7.85. The first kappa shape index (κ1) is 17.8. The first-order chi connectivity index (χ1) is 12.5. The summed E-state index contributed by atoms with van der Waals surface area (Å²) in [4.78, 5) is 24.0. The molecule has 0 bridgehead atoms. The minimum Gasteiger partial charge on any atom is -0.495 e. The average molecular weight is 378 g/mol. The fourth-order valence-corrected chi connectivity index (χ4v) is 2.48. The van der Waals surface area contributed by atoms with Crippen molar-refractivity contribution in [3.63, 3.8) is 0 Å². The number of rotatable bonds is 5. The van der Waals surface area contributed by atoms with Crippen molar-refractivity contribution < 1.29 is 28.2 Å². The lowest BCUT2D eigenvalue weighted by Gasteiger charge is -2.17. The molecular weight excluding hydrogens is 365 g/mol. The molecule has 0 aliphatic carbocycles. The lowest BCUT2D eigenvalue weighted by atomic mass is 10.2. The fraction of sp³-hybridized carbons (Fsp3) is 0.111. The number of carbonyl (C=O) groups is 2. The molecule has 134 valence electrons. The van der Waals surface area contributed by atoms with E-state index in [0.29, 0.717) is 11.4 Å². The molecule has 1 aliphatic heterocycles. The van der Waals surface area contributed by atoms with Gasteiger partial charge in [-0.1, -0.05) is 35.9 Å². The van der Waals surface area contributed by atoms with E-state index in [1.165, 1.54) is 25.3 Å². The maximum atomic E-state index is 13.7. The van der Waals surface area contributed by atoms with Crippen LogP contribution < -0.4 is 10.1 Å². The number of benzene rings is 2. The van der Waals surface area contributed by atoms with E-state index in [9.17, 15) is 14.0 Å². The molecule has 0 saturated carbocycles. The maximum absolute atomic E-state index is 13.7. The third kappa shape index (κ3) is 3.48. The highest BCUT2D eigenvalue weighted by molar-refractivity contribution is 6.42. The lowest BCUT2D eigenvalue weighted by molar-refractivity contribution is -0.152. The highest BCUT2D eigenvalue weighted by Crippen LogP contribution is 2.32. The molecule has 1 aliphatic rings. The molecule has 0 fully saturated rings. The van der Waals surface area contributed by atoms with E-state index in [-0.39, 0.29) is 16.3 Å². The molecule has 26 heavy (non-hydrogen) atoms. The molecule has 0 unspecified atom stereocenters. The lowest BCUT2D eigenvalue weighted by Crippen LogP contribution is -2.24. The summed E-state index contributed by atoms with van der Waals surface area (Å²) in [6, 6.07) is 12.2. The quantitative estimate of drug-likeness (QED) is 0.805. The summed E-state index contributed by atoms with van der Waals surface area (Å²) in [5.74, 6) is -2.14. The number of nitrogens with one attached hydrogen (secondary N) is 1. The van der Waals surface area contributed by atoms with E-state index < -0.39 is 24.0 Å². The smallest absolute Gasteiger partial charge is 0.355 e. The Morgan fingerprint density at radius 3 is 2.62 bits per heavy atom. The van der Waals surface area contributed by atoms with Crippen LogP contribution in [0.5, 0.6) is 5.75 Å². The SMILES string of the molecule is COc1ccccc1NC1=C(Cl)C(=O)O[C@@H]1OC(=O)c1ccccc1F. The molecule has 1 heterocycles. The van der Waals surface area contributed by atoms with Gasteiger partial charge in [0, 0.05) is 0 Å². The van der Waals surface area contributed by atoms with Gasteiger partial charge in [0.1, 0.15) is 17.3 Å². The van der Waals surface area contributed by atoms with Gasteiger partial charge in [-0.15, -0.1) is 0 Å². The number of esters is 2. The molecule has 0 amide bonds. The summed E-state index contributed by atoms with van der Waals surface area (Å²) in [5.41, 5.74) is 0.211. The van der Waals surface area contributed by atoms with Crippen molar-refractivity contribution in [1.29, 1.82) is 0 Å². The van der Waals surface area contributed by atoms with Crippen molar-refractivity contribution in [3.8, 4) is 5.75 Å². The highest BCUT2D eigenvalue weighted by atomic mass is 35.5. The molecule has 6 nitrogen and oxygen atoms in total. The Morgan fingerprint density at radius 2 is 1.88 bits per heavy atom. The Balaban J connectivity index is 1.84. The molecule has 3 rings (SSSR count). The van der Waals surface area contributed by atoms with Crippen LogP contribution in [0, 0.1) is 5.82 Å². The van der Waals surface area contributed by atoms with E-state index in [2.05, 4.69) is 5.32 Å². The van der Waals surface area contributed by atoms with E-state index in [1.54, 1.807) is 24.3 Å². The predicted octanol–water partition coefficient (Wildman–Crippen LogP) is 3.44. The van der Waals surface area contributed by atoms with Gasteiger partial charge in [-0.25, -0.2) is 14.0 Å². The van der Waals surface area contributed by atoms with Gasteiger partial charge in [0.25, 0.3) is 6.29 Å². The minimum atomic E-state index is -1.44. The number of ether oxygens (including phenoxy) is 3. The van der Waals surface area contributed by atoms with Gasteiger partial charge in [-0.2, -0.15) is 0 Å². The van der Waals surface area contributed by atoms with Crippen molar-refractivity contribution in [1.82, 2.24) is 0 Å². The molecule has 0 saturated heterocycles. The van der Waals surface area contributed by atoms with Crippen molar-refractivity contribution in [2.75, 3.05) is 12.4 Å². The van der Waals surface area contributed by atoms with Crippen LogP contribution in [0.25, 0.3) is 0 Å². The Bertz CT molecular complexity index is 899. The monoisotopic (exact) mass is 377 g/mol. The zero-order valence-corrected chi connectivity index (χ0v) is 14.2. The van der Waals surface area contributed by atoms with Gasteiger partial charge in [0.05, 0.1) is 18.4 Å². The number of hydrogen-bond acceptors (Lipinski definition) is 6. The molecule has 0 aromatic heterocycles. The van der Waals surface area contributed by atoms with Gasteiger partial charge in [-0.3, -0.25) is 0 Å². The first-order valence-electron chi connectivity index (χ1n) is 7.47. The summed E-state index contributed by atoms with van der Waals surface area (Å²) < 4.78 is 29.0. The molecule has 0 spiro atoms. The van der Waals surface area contributed by atoms with E-state index in [0.717, 1.165) is 6.07 Å². The Labute approximate surface area is 153 Å². The highest BCUT2D eigenvalue weighted by Gasteiger charge is 2.37. The molecule has 8 heteroatoms. The zero-order chi connectivity index (χ0) is 18.7. The maximum Gasteiger partial charge on any atom is 0.355 e. The molecular formula is C18H13ClFNO5. The predicted molar refractivity (Wildman–Crippen MR) is 91.2 cm³/mol. The summed E-state index contributed by atoms with van der Waals surface area (Å²) in [5, 5.41) is 2.59. The molecule has 1 N–H and O–H groups in total.